The van der Waals surface area contributed by atoms with E-state index < -0.39 is 0 Å². The van der Waals surface area contributed by atoms with E-state index in [1.165, 1.54) is 0 Å². The lowest BCUT2D eigenvalue weighted by Crippen LogP contribution is -2.36. The van der Waals surface area contributed by atoms with Crippen molar-refractivity contribution in [3.05, 3.63) is 28.1 Å². The Bertz CT molecular complexity index is 535. The molecule has 0 saturated heterocycles. The fraction of sp³-hybridized carbons (Fsp3) is 0.182. The third-order valence-corrected chi connectivity index (χ3v) is 2.48. The lowest BCUT2D eigenvalue weighted by Gasteiger charge is -2.09. The lowest BCUT2D eigenvalue weighted by atomic mass is 10.0. The smallest absolute Gasteiger partial charge is 0.0998 e. The Hall–Kier alpha value is -1.95. The fourth-order valence-corrected chi connectivity index (χ4v) is 1.80. The van der Waals surface area contributed by atoms with Crippen LogP contribution in [0.4, 0.5) is 5.69 Å². The van der Waals surface area contributed by atoms with E-state index in [9.17, 15) is 0 Å². The van der Waals surface area contributed by atoms with Gasteiger partial charge in [-0.2, -0.15) is 5.26 Å². The number of nitrogen functional groups attached to an aromatic ring is 1. The van der Waals surface area contributed by atoms with E-state index in [0.29, 0.717) is 11.3 Å². The van der Waals surface area contributed by atoms with E-state index >= 15 is 0 Å². The zero-order valence-electron chi connectivity index (χ0n) is 7.75. The molecule has 2 rings (SSSR count). The highest BCUT2D eigenvalue weighted by molar-refractivity contribution is 5.60. The molecule has 0 amide bonds. The monoisotopic (exact) mass is 185 g/mol. The standard InChI is InChI=1S/C11H11N3/c12-6-7-4-5-10(14)11-8(7)2-1-3-9(11)13/h2,4-5H,1,3,13-14H2. The number of benzene rings is 1. The zero-order chi connectivity index (χ0) is 10.1. The van der Waals surface area contributed by atoms with Gasteiger partial charge in [0.15, 0.2) is 0 Å². The average molecular weight is 185 g/mol. The number of anilines is 1. The first-order valence-corrected chi connectivity index (χ1v) is 4.51. The van der Waals surface area contributed by atoms with Gasteiger partial charge in [0.1, 0.15) is 0 Å². The second kappa shape index (κ2) is 3.08. The van der Waals surface area contributed by atoms with Crippen molar-refractivity contribution < 1.29 is 0 Å². The molecule has 0 radical (unpaired) electrons. The molecule has 1 aromatic rings. The lowest BCUT2D eigenvalue weighted by molar-refractivity contribution is 1.05. The van der Waals surface area contributed by atoms with Gasteiger partial charge in [0.25, 0.3) is 0 Å². The highest BCUT2D eigenvalue weighted by atomic mass is 14.6. The van der Waals surface area contributed by atoms with E-state index in [-0.39, 0.29) is 0 Å². The van der Waals surface area contributed by atoms with Gasteiger partial charge in [0.2, 0.25) is 0 Å². The van der Waals surface area contributed by atoms with Crippen molar-refractivity contribution in [2.24, 2.45) is 5.73 Å². The fourth-order valence-electron chi connectivity index (χ4n) is 1.80. The quantitative estimate of drug-likeness (QED) is 0.549. The van der Waals surface area contributed by atoms with E-state index in [1.807, 2.05) is 6.08 Å². The molecule has 4 N–H and O–H groups in total. The first kappa shape index (κ1) is 8.64. The Morgan fingerprint density at radius 2 is 2.07 bits per heavy atom. The molecular weight excluding hydrogens is 174 g/mol. The van der Waals surface area contributed by atoms with Gasteiger partial charge in [-0.3, -0.25) is 0 Å². The predicted octanol–water partition coefficient (Wildman–Crippen LogP) is -0.218. The number of rotatable bonds is 0. The Labute approximate surface area is 81.9 Å². The van der Waals surface area contributed by atoms with Crippen LogP contribution in [-0.4, -0.2) is 0 Å². The van der Waals surface area contributed by atoms with Gasteiger partial charge >= 0.3 is 0 Å². The Morgan fingerprint density at radius 1 is 1.29 bits per heavy atom. The summed E-state index contributed by atoms with van der Waals surface area (Å²) >= 11 is 0. The summed E-state index contributed by atoms with van der Waals surface area (Å²) in [5.41, 5.74) is 13.8. The maximum atomic E-state index is 8.91. The first-order valence-electron chi connectivity index (χ1n) is 4.51. The minimum absolute atomic E-state index is 0.650. The highest BCUT2D eigenvalue weighted by Crippen LogP contribution is 2.05. The summed E-state index contributed by atoms with van der Waals surface area (Å²) in [6.45, 7) is 0. The molecule has 0 saturated carbocycles. The van der Waals surface area contributed by atoms with Crippen LogP contribution < -0.4 is 21.9 Å². The summed E-state index contributed by atoms with van der Waals surface area (Å²) in [6.07, 6.45) is 3.74. The molecule has 0 heterocycles. The molecule has 14 heavy (non-hydrogen) atoms. The van der Waals surface area contributed by atoms with E-state index in [0.717, 1.165) is 29.0 Å². The summed E-state index contributed by atoms with van der Waals surface area (Å²) in [5.74, 6) is 0. The first-order chi connectivity index (χ1) is 6.74. The number of hydrogen-bond acceptors (Lipinski definition) is 3. The molecule has 1 aliphatic carbocycles. The second-order valence-corrected chi connectivity index (χ2v) is 3.37. The molecule has 0 aliphatic heterocycles. The SMILES string of the molecule is N#Cc1ccc(N)c2c1=CCCC=2N. The summed E-state index contributed by atoms with van der Waals surface area (Å²) < 4.78 is 0. The van der Waals surface area contributed by atoms with Crippen LogP contribution in [0, 0.1) is 11.3 Å². The molecule has 0 atom stereocenters. The van der Waals surface area contributed by atoms with Crippen molar-refractivity contribution in [2.75, 3.05) is 5.73 Å². The Balaban J connectivity index is 3.00. The van der Waals surface area contributed by atoms with Gasteiger partial charge < -0.3 is 11.5 Å². The summed E-state index contributed by atoms with van der Waals surface area (Å²) in [7, 11) is 0. The molecule has 0 aromatic heterocycles. The van der Waals surface area contributed by atoms with Gasteiger partial charge in [-0.1, -0.05) is 6.08 Å². The maximum absolute atomic E-state index is 8.91. The molecule has 0 unspecified atom stereocenters. The van der Waals surface area contributed by atoms with Crippen molar-refractivity contribution in [1.82, 2.24) is 0 Å². The third-order valence-electron chi connectivity index (χ3n) is 2.48. The van der Waals surface area contributed by atoms with Crippen LogP contribution in [0.15, 0.2) is 12.1 Å². The van der Waals surface area contributed by atoms with Crippen LogP contribution in [0.1, 0.15) is 18.4 Å². The highest BCUT2D eigenvalue weighted by Gasteiger charge is 2.06. The molecule has 0 bridgehead atoms. The normalized spacial score (nSPS) is 14.1. The minimum Gasteiger partial charge on any atom is -0.401 e. The minimum atomic E-state index is 0.650. The summed E-state index contributed by atoms with van der Waals surface area (Å²) in [4.78, 5) is 0. The Morgan fingerprint density at radius 3 is 2.79 bits per heavy atom. The summed E-state index contributed by atoms with van der Waals surface area (Å²) in [5, 5.41) is 10.7. The molecule has 0 spiro atoms. The number of fused-ring (bicyclic) bond motifs is 1. The van der Waals surface area contributed by atoms with E-state index in [2.05, 4.69) is 6.07 Å². The van der Waals surface area contributed by atoms with Crippen molar-refractivity contribution >= 4 is 17.5 Å². The average Bonchev–Trinajstić information content (AvgIpc) is 2.18. The molecule has 1 aliphatic rings. The van der Waals surface area contributed by atoms with E-state index in [1.54, 1.807) is 12.1 Å². The number of nitrogens with two attached hydrogens (primary N) is 2. The van der Waals surface area contributed by atoms with Crippen LogP contribution in [-0.2, 0) is 0 Å². The third kappa shape index (κ3) is 1.12. The van der Waals surface area contributed by atoms with Crippen molar-refractivity contribution in [3.8, 4) is 6.07 Å². The molecule has 1 aromatic carbocycles. The van der Waals surface area contributed by atoms with Crippen molar-refractivity contribution in [1.29, 1.82) is 5.26 Å². The van der Waals surface area contributed by atoms with Crippen LogP contribution in [0.2, 0.25) is 0 Å². The molecular formula is C11H11N3. The van der Waals surface area contributed by atoms with Crippen molar-refractivity contribution in [2.45, 2.75) is 12.8 Å². The maximum Gasteiger partial charge on any atom is 0.0998 e. The van der Waals surface area contributed by atoms with Crippen molar-refractivity contribution in [3.63, 3.8) is 0 Å². The van der Waals surface area contributed by atoms with Gasteiger partial charge in [-0.25, -0.2) is 0 Å². The van der Waals surface area contributed by atoms with Crippen LogP contribution >= 0.6 is 0 Å². The van der Waals surface area contributed by atoms with Gasteiger partial charge in [-0.15, -0.1) is 0 Å². The second-order valence-electron chi connectivity index (χ2n) is 3.37. The number of nitriles is 1. The Kier molecular flexibility index (Phi) is 1.90. The van der Waals surface area contributed by atoms with Gasteiger partial charge in [0, 0.05) is 16.6 Å². The molecule has 70 valence electrons. The molecule has 3 nitrogen and oxygen atoms in total. The number of nitrogens with zero attached hydrogens (tertiary/aromatic N) is 1. The van der Waals surface area contributed by atoms with Crippen LogP contribution in [0.25, 0.3) is 11.8 Å². The van der Waals surface area contributed by atoms with Crippen LogP contribution in [0.5, 0.6) is 0 Å². The largest absolute Gasteiger partial charge is 0.401 e. The number of hydrogen-bond donors (Lipinski definition) is 2. The molecule has 3 heteroatoms. The van der Waals surface area contributed by atoms with Gasteiger partial charge in [0.05, 0.1) is 11.6 Å². The van der Waals surface area contributed by atoms with Gasteiger partial charge in [-0.05, 0) is 30.2 Å². The van der Waals surface area contributed by atoms with E-state index in [4.69, 9.17) is 16.7 Å². The molecule has 0 fully saturated rings. The topological polar surface area (TPSA) is 75.8 Å². The zero-order valence-corrected chi connectivity index (χ0v) is 7.75. The van der Waals surface area contributed by atoms with Crippen LogP contribution in [0.3, 0.4) is 0 Å². The predicted molar refractivity (Wildman–Crippen MR) is 56.1 cm³/mol. The summed E-state index contributed by atoms with van der Waals surface area (Å²) in [6, 6.07) is 5.63.